The van der Waals surface area contributed by atoms with Crippen LogP contribution in [0.25, 0.3) is 17.2 Å². The third-order valence-corrected chi connectivity index (χ3v) is 4.64. The van der Waals surface area contributed by atoms with Crippen molar-refractivity contribution < 1.29 is 13.5 Å². The Morgan fingerprint density at radius 3 is 2.64 bits per heavy atom. The van der Waals surface area contributed by atoms with E-state index in [1.165, 1.54) is 4.68 Å². The molecule has 0 unspecified atom stereocenters. The van der Waals surface area contributed by atoms with Crippen LogP contribution in [0.2, 0.25) is 0 Å². The van der Waals surface area contributed by atoms with Crippen LogP contribution in [0.3, 0.4) is 0 Å². The molecule has 4 rings (SSSR count). The first kappa shape index (κ1) is 18.0. The molecule has 0 aliphatic rings. The summed E-state index contributed by atoms with van der Waals surface area (Å²) in [7, 11) is 1.60. The van der Waals surface area contributed by atoms with E-state index < -0.39 is 11.6 Å². The van der Waals surface area contributed by atoms with Gasteiger partial charge >= 0.3 is 0 Å². The van der Waals surface area contributed by atoms with Crippen molar-refractivity contribution in [1.29, 1.82) is 0 Å². The first-order chi connectivity index (χ1) is 13.5. The number of rotatable bonds is 5. The Labute approximate surface area is 162 Å². The number of hydrogen-bond acceptors (Lipinski definition) is 7. The van der Waals surface area contributed by atoms with Crippen molar-refractivity contribution in [2.24, 2.45) is 0 Å². The molecule has 28 heavy (non-hydrogen) atoms. The van der Waals surface area contributed by atoms with Gasteiger partial charge < -0.3 is 10.1 Å². The van der Waals surface area contributed by atoms with Gasteiger partial charge in [-0.2, -0.15) is 9.36 Å². The molecule has 0 aliphatic carbocycles. The molecule has 2 heterocycles. The topological polar surface area (TPSA) is 77.8 Å². The van der Waals surface area contributed by atoms with Gasteiger partial charge in [0.25, 0.3) is 0 Å². The smallest absolute Gasteiger partial charge is 0.207 e. The van der Waals surface area contributed by atoms with Crippen molar-refractivity contribution in [2.75, 3.05) is 12.4 Å². The summed E-state index contributed by atoms with van der Waals surface area (Å²) < 4.78 is 38.2. The molecule has 0 bridgehead atoms. The highest BCUT2D eigenvalue weighted by Gasteiger charge is 2.19. The minimum absolute atomic E-state index is 0.0249. The van der Waals surface area contributed by atoms with Crippen LogP contribution in [0.4, 0.5) is 19.6 Å². The molecular weight excluding hydrogens is 386 g/mol. The van der Waals surface area contributed by atoms with Crippen LogP contribution < -0.4 is 10.1 Å². The van der Waals surface area contributed by atoms with Gasteiger partial charge in [-0.05, 0) is 43.3 Å². The molecule has 10 heteroatoms. The van der Waals surface area contributed by atoms with E-state index in [0.717, 1.165) is 41.2 Å². The Balaban J connectivity index is 1.60. The third kappa shape index (κ3) is 3.41. The SMILES string of the molecule is COc1ccc(Nc2nc(-c3nnn(-c4cc(F)ccc4F)c3C)ns2)cc1. The van der Waals surface area contributed by atoms with Gasteiger partial charge in [0.05, 0.1) is 12.8 Å². The van der Waals surface area contributed by atoms with Gasteiger partial charge in [-0.3, -0.25) is 0 Å². The first-order valence-electron chi connectivity index (χ1n) is 8.18. The van der Waals surface area contributed by atoms with Crippen molar-refractivity contribution in [3.05, 3.63) is 59.8 Å². The lowest BCUT2D eigenvalue weighted by atomic mass is 10.2. The highest BCUT2D eigenvalue weighted by Crippen LogP contribution is 2.27. The Hall–Kier alpha value is -3.40. The maximum Gasteiger partial charge on any atom is 0.207 e. The summed E-state index contributed by atoms with van der Waals surface area (Å²) in [5.41, 5.74) is 1.69. The van der Waals surface area contributed by atoms with E-state index >= 15 is 0 Å². The fraction of sp³-hybridized carbons (Fsp3) is 0.111. The van der Waals surface area contributed by atoms with Gasteiger partial charge in [-0.15, -0.1) is 5.10 Å². The summed E-state index contributed by atoms with van der Waals surface area (Å²) >= 11 is 1.15. The zero-order chi connectivity index (χ0) is 19.7. The van der Waals surface area contributed by atoms with Gasteiger partial charge in [0.2, 0.25) is 5.13 Å². The first-order valence-corrected chi connectivity index (χ1v) is 8.95. The molecule has 0 atom stereocenters. The van der Waals surface area contributed by atoms with Crippen molar-refractivity contribution in [2.45, 2.75) is 6.92 Å². The minimum Gasteiger partial charge on any atom is -0.497 e. The van der Waals surface area contributed by atoms with E-state index in [9.17, 15) is 8.78 Å². The molecule has 0 aliphatic heterocycles. The number of anilines is 2. The Morgan fingerprint density at radius 2 is 1.89 bits per heavy atom. The van der Waals surface area contributed by atoms with E-state index in [1.807, 2.05) is 24.3 Å². The molecule has 0 fully saturated rings. The molecule has 0 saturated heterocycles. The van der Waals surface area contributed by atoms with Gasteiger partial charge in [0.15, 0.2) is 11.5 Å². The van der Waals surface area contributed by atoms with E-state index in [1.54, 1.807) is 14.0 Å². The van der Waals surface area contributed by atoms with Crippen LogP contribution in [0.5, 0.6) is 5.75 Å². The average molecular weight is 400 g/mol. The number of ether oxygens (including phenoxy) is 1. The maximum absolute atomic E-state index is 14.0. The highest BCUT2D eigenvalue weighted by atomic mass is 32.1. The quantitative estimate of drug-likeness (QED) is 0.543. The molecule has 142 valence electrons. The second kappa shape index (κ2) is 7.31. The second-order valence-corrected chi connectivity index (χ2v) is 6.56. The normalized spacial score (nSPS) is 10.9. The fourth-order valence-electron chi connectivity index (χ4n) is 2.58. The maximum atomic E-state index is 14.0. The largest absolute Gasteiger partial charge is 0.497 e. The molecule has 7 nitrogen and oxygen atoms in total. The predicted octanol–water partition coefficient (Wildman–Crippen LogP) is 4.12. The van der Waals surface area contributed by atoms with Gasteiger partial charge in [-0.1, -0.05) is 5.21 Å². The zero-order valence-corrected chi connectivity index (χ0v) is 15.7. The number of nitrogens with one attached hydrogen (secondary N) is 1. The highest BCUT2D eigenvalue weighted by molar-refractivity contribution is 7.09. The molecule has 2 aromatic carbocycles. The van der Waals surface area contributed by atoms with Crippen molar-refractivity contribution in [1.82, 2.24) is 24.4 Å². The van der Waals surface area contributed by atoms with Crippen LogP contribution in [-0.2, 0) is 0 Å². The zero-order valence-electron chi connectivity index (χ0n) is 14.8. The molecule has 0 saturated carbocycles. The van der Waals surface area contributed by atoms with Gasteiger partial charge in [0.1, 0.15) is 23.1 Å². The van der Waals surface area contributed by atoms with Gasteiger partial charge in [0, 0.05) is 23.3 Å². The number of halogens is 2. The minimum atomic E-state index is -0.603. The van der Waals surface area contributed by atoms with Crippen LogP contribution >= 0.6 is 11.5 Å². The third-order valence-electron chi connectivity index (χ3n) is 4.01. The average Bonchev–Trinajstić information content (AvgIpc) is 3.31. The molecule has 0 radical (unpaired) electrons. The van der Waals surface area contributed by atoms with Crippen LogP contribution in [-0.4, -0.2) is 31.5 Å². The molecule has 1 N–H and O–H groups in total. The molecule has 0 spiro atoms. The number of hydrogen-bond donors (Lipinski definition) is 1. The van der Waals surface area contributed by atoms with E-state index in [-0.39, 0.29) is 5.69 Å². The summed E-state index contributed by atoms with van der Waals surface area (Å²) in [6.07, 6.45) is 0. The summed E-state index contributed by atoms with van der Waals surface area (Å²) in [5.74, 6) is -0.0680. The van der Waals surface area contributed by atoms with E-state index in [2.05, 4.69) is 25.0 Å². The standard InChI is InChI=1S/C18H14F2N6OS/c1-10-16(23-25-26(10)15-9-11(19)3-8-14(15)20)17-22-18(28-24-17)21-12-4-6-13(27-2)7-5-12/h3-9H,1-2H3,(H,21,22,24). The van der Waals surface area contributed by atoms with Crippen LogP contribution in [0.15, 0.2) is 42.5 Å². The Kier molecular flexibility index (Phi) is 4.70. The Morgan fingerprint density at radius 1 is 1.11 bits per heavy atom. The van der Waals surface area contributed by atoms with E-state index in [0.29, 0.717) is 22.3 Å². The van der Waals surface area contributed by atoms with Gasteiger partial charge in [-0.25, -0.2) is 13.5 Å². The molecule has 4 aromatic rings. The summed E-state index contributed by atoms with van der Waals surface area (Å²) in [4.78, 5) is 4.41. The summed E-state index contributed by atoms with van der Waals surface area (Å²) in [6.45, 7) is 1.69. The predicted molar refractivity (Wildman–Crippen MR) is 101 cm³/mol. The van der Waals surface area contributed by atoms with Crippen molar-refractivity contribution in [3.63, 3.8) is 0 Å². The lowest BCUT2D eigenvalue weighted by molar-refractivity contribution is 0.415. The second-order valence-electron chi connectivity index (χ2n) is 5.81. The molecule has 2 aromatic heterocycles. The monoisotopic (exact) mass is 400 g/mol. The van der Waals surface area contributed by atoms with Crippen molar-refractivity contribution in [3.8, 4) is 23.0 Å². The number of methoxy groups -OCH3 is 1. The van der Waals surface area contributed by atoms with Crippen LogP contribution in [0, 0.1) is 18.6 Å². The Bertz CT molecular complexity index is 1130. The number of nitrogens with zero attached hydrogens (tertiary/aromatic N) is 5. The van der Waals surface area contributed by atoms with E-state index in [4.69, 9.17) is 4.74 Å². The molecule has 0 amide bonds. The van der Waals surface area contributed by atoms with Crippen LogP contribution in [0.1, 0.15) is 5.69 Å². The molecular formula is C18H14F2N6OS. The fourth-order valence-corrected chi connectivity index (χ4v) is 3.17. The number of aromatic nitrogens is 5. The van der Waals surface area contributed by atoms with Crippen molar-refractivity contribution >= 4 is 22.4 Å². The summed E-state index contributed by atoms with van der Waals surface area (Å²) in [6, 6.07) is 10.5. The summed E-state index contributed by atoms with van der Waals surface area (Å²) in [5, 5.41) is 11.7. The number of benzene rings is 2. The lowest BCUT2D eigenvalue weighted by Gasteiger charge is -2.04. The lowest BCUT2D eigenvalue weighted by Crippen LogP contribution is -2.03.